The van der Waals surface area contributed by atoms with E-state index in [-0.39, 0.29) is 5.91 Å². The van der Waals surface area contributed by atoms with E-state index < -0.39 is 0 Å². The molecule has 104 valence electrons. The fourth-order valence-electron chi connectivity index (χ4n) is 1.63. The summed E-state index contributed by atoms with van der Waals surface area (Å²) in [7, 11) is 3.02. The predicted octanol–water partition coefficient (Wildman–Crippen LogP) is 1.50. The third-order valence-corrected chi connectivity index (χ3v) is 2.74. The van der Waals surface area contributed by atoms with Crippen LogP contribution in [-0.4, -0.2) is 31.7 Å². The fraction of sp³-hybridized carbons (Fsp3) is 0.385. The molecule has 0 saturated heterocycles. The van der Waals surface area contributed by atoms with E-state index in [1.165, 1.54) is 14.2 Å². The minimum atomic E-state index is -0.239. The minimum absolute atomic E-state index is 0.239. The van der Waals surface area contributed by atoms with E-state index >= 15 is 0 Å². The predicted molar refractivity (Wildman–Crippen MR) is 77.9 cm³/mol. The topological polar surface area (TPSA) is 73.6 Å². The van der Waals surface area contributed by atoms with Crippen LogP contribution >= 0.6 is 12.2 Å². The van der Waals surface area contributed by atoms with Gasteiger partial charge in [0.1, 0.15) is 17.1 Å². The van der Waals surface area contributed by atoms with Gasteiger partial charge in [-0.3, -0.25) is 4.79 Å². The second-order valence-electron chi connectivity index (χ2n) is 3.86. The number of rotatable bonds is 7. The number of carbonyl (C=O) groups is 1. The molecule has 6 heteroatoms. The van der Waals surface area contributed by atoms with Crippen LogP contribution in [-0.2, 0) is 0 Å². The highest BCUT2D eigenvalue weighted by Crippen LogP contribution is 2.27. The highest BCUT2D eigenvalue weighted by atomic mass is 32.1. The maximum Gasteiger partial charge on any atom is 0.258 e. The molecule has 1 aromatic carbocycles. The first-order valence-electron chi connectivity index (χ1n) is 5.87. The summed E-state index contributed by atoms with van der Waals surface area (Å²) in [6.45, 7) is 0.497. The summed E-state index contributed by atoms with van der Waals surface area (Å²) in [6, 6.07) is 5.19. The van der Waals surface area contributed by atoms with Crippen molar-refractivity contribution in [3.05, 3.63) is 23.8 Å². The Labute approximate surface area is 118 Å². The molecule has 0 atom stereocenters. The largest absolute Gasteiger partial charge is 0.496 e. The third-order valence-electron chi connectivity index (χ3n) is 2.54. The molecule has 1 rings (SSSR count). The maximum atomic E-state index is 12.1. The second kappa shape index (κ2) is 7.58. The average Bonchev–Trinajstić information content (AvgIpc) is 2.42. The van der Waals surface area contributed by atoms with Gasteiger partial charge in [0, 0.05) is 6.54 Å². The molecule has 0 saturated carbocycles. The van der Waals surface area contributed by atoms with Crippen molar-refractivity contribution < 1.29 is 14.3 Å². The molecule has 0 bridgehead atoms. The Bertz CT molecular complexity index is 441. The Morgan fingerprint density at radius 3 is 2.37 bits per heavy atom. The van der Waals surface area contributed by atoms with Crippen LogP contribution in [0, 0.1) is 0 Å². The van der Waals surface area contributed by atoms with E-state index in [2.05, 4.69) is 5.32 Å². The quantitative estimate of drug-likeness (QED) is 0.585. The molecule has 0 spiro atoms. The van der Waals surface area contributed by atoms with Crippen molar-refractivity contribution in [1.82, 2.24) is 5.32 Å². The lowest BCUT2D eigenvalue weighted by molar-refractivity contribution is 0.0947. The van der Waals surface area contributed by atoms with Crippen LogP contribution in [0.15, 0.2) is 18.2 Å². The van der Waals surface area contributed by atoms with Gasteiger partial charge in [-0.2, -0.15) is 0 Å². The van der Waals surface area contributed by atoms with Gasteiger partial charge in [-0.15, -0.1) is 0 Å². The molecule has 0 unspecified atom stereocenters. The molecular weight excluding hydrogens is 264 g/mol. The lowest BCUT2D eigenvalue weighted by Crippen LogP contribution is -2.26. The monoisotopic (exact) mass is 282 g/mol. The van der Waals surface area contributed by atoms with Crippen LogP contribution in [0.4, 0.5) is 0 Å². The molecule has 0 aromatic heterocycles. The first kappa shape index (κ1) is 15.2. The van der Waals surface area contributed by atoms with Gasteiger partial charge >= 0.3 is 0 Å². The smallest absolute Gasteiger partial charge is 0.258 e. The number of benzene rings is 1. The van der Waals surface area contributed by atoms with Gasteiger partial charge < -0.3 is 20.5 Å². The van der Waals surface area contributed by atoms with Crippen molar-refractivity contribution in [1.29, 1.82) is 0 Å². The molecule has 5 nitrogen and oxygen atoms in total. The third kappa shape index (κ3) is 4.40. The highest BCUT2D eigenvalue weighted by molar-refractivity contribution is 7.80. The van der Waals surface area contributed by atoms with Crippen molar-refractivity contribution in [2.24, 2.45) is 5.73 Å². The molecule has 3 N–H and O–H groups in total. The van der Waals surface area contributed by atoms with Crippen molar-refractivity contribution in [3.63, 3.8) is 0 Å². The average molecular weight is 282 g/mol. The lowest BCUT2D eigenvalue weighted by atomic mass is 10.1. The summed E-state index contributed by atoms with van der Waals surface area (Å²) in [5.41, 5.74) is 5.78. The van der Waals surface area contributed by atoms with Crippen LogP contribution in [0.5, 0.6) is 11.5 Å². The van der Waals surface area contributed by atoms with Gasteiger partial charge in [-0.25, -0.2) is 0 Å². The number of nitrogens with two attached hydrogens (primary N) is 1. The van der Waals surface area contributed by atoms with E-state index in [9.17, 15) is 4.79 Å². The zero-order valence-electron chi connectivity index (χ0n) is 11.1. The summed E-state index contributed by atoms with van der Waals surface area (Å²) < 4.78 is 10.3. The molecule has 1 aromatic rings. The number of ether oxygens (including phenoxy) is 2. The highest BCUT2D eigenvalue weighted by Gasteiger charge is 2.17. The molecule has 19 heavy (non-hydrogen) atoms. The summed E-state index contributed by atoms with van der Waals surface area (Å²) in [5.74, 6) is 0.717. The zero-order chi connectivity index (χ0) is 14.3. The van der Waals surface area contributed by atoms with E-state index in [0.717, 1.165) is 0 Å². The van der Waals surface area contributed by atoms with Gasteiger partial charge in [0.2, 0.25) is 0 Å². The molecule has 0 aliphatic heterocycles. The van der Waals surface area contributed by atoms with Gasteiger partial charge in [-0.05, 0) is 25.0 Å². The molecular formula is C13H18N2O3S. The van der Waals surface area contributed by atoms with Gasteiger partial charge in [-0.1, -0.05) is 18.3 Å². The Morgan fingerprint density at radius 1 is 1.32 bits per heavy atom. The molecule has 0 aliphatic rings. The number of amides is 1. The van der Waals surface area contributed by atoms with Crippen LogP contribution in [0.3, 0.4) is 0 Å². The van der Waals surface area contributed by atoms with Crippen LogP contribution < -0.4 is 20.5 Å². The second-order valence-corrected chi connectivity index (χ2v) is 4.39. The fourth-order valence-corrected chi connectivity index (χ4v) is 1.77. The first-order valence-corrected chi connectivity index (χ1v) is 6.28. The summed E-state index contributed by atoms with van der Waals surface area (Å²) in [6.07, 6.45) is 1.32. The Kier molecular flexibility index (Phi) is 6.08. The van der Waals surface area contributed by atoms with E-state index in [4.69, 9.17) is 27.4 Å². The molecule has 0 fully saturated rings. The van der Waals surface area contributed by atoms with E-state index in [1.54, 1.807) is 18.2 Å². The minimum Gasteiger partial charge on any atom is -0.496 e. The number of carbonyl (C=O) groups excluding carboxylic acids is 1. The van der Waals surface area contributed by atoms with Gasteiger partial charge in [0.15, 0.2) is 0 Å². The summed E-state index contributed by atoms with van der Waals surface area (Å²) in [5, 5.41) is 2.79. The number of hydrogen-bond donors (Lipinski definition) is 2. The van der Waals surface area contributed by atoms with Gasteiger partial charge in [0.05, 0.1) is 19.2 Å². The standard InChI is InChI=1S/C13H18N2O3S/c1-17-9-5-3-6-10(18-2)12(9)13(16)15-8-4-7-11(14)19/h3,5-6H,4,7-8H2,1-2H3,(H2,14,19)(H,15,16). The van der Waals surface area contributed by atoms with E-state index in [1.807, 2.05) is 0 Å². The SMILES string of the molecule is COc1cccc(OC)c1C(=O)NCCCC(N)=S. The number of hydrogen-bond acceptors (Lipinski definition) is 4. The van der Waals surface area contributed by atoms with Crippen LogP contribution in [0.25, 0.3) is 0 Å². The maximum absolute atomic E-state index is 12.1. The summed E-state index contributed by atoms with van der Waals surface area (Å²) in [4.78, 5) is 12.6. The van der Waals surface area contributed by atoms with Crippen molar-refractivity contribution in [2.75, 3.05) is 20.8 Å². The zero-order valence-corrected chi connectivity index (χ0v) is 11.9. The molecule has 0 heterocycles. The van der Waals surface area contributed by atoms with Crippen LogP contribution in [0.1, 0.15) is 23.2 Å². The lowest BCUT2D eigenvalue weighted by Gasteiger charge is -2.12. The Balaban J connectivity index is 2.72. The van der Waals surface area contributed by atoms with Crippen molar-refractivity contribution in [3.8, 4) is 11.5 Å². The van der Waals surface area contributed by atoms with Crippen molar-refractivity contribution >= 4 is 23.1 Å². The Hall–Kier alpha value is -1.82. The van der Waals surface area contributed by atoms with E-state index in [0.29, 0.717) is 41.4 Å². The normalized spacial score (nSPS) is 9.79. The number of nitrogens with one attached hydrogen (secondary N) is 1. The number of methoxy groups -OCH3 is 2. The number of thiocarbonyl (C=S) groups is 1. The first-order chi connectivity index (χ1) is 9.10. The molecule has 1 amide bonds. The Morgan fingerprint density at radius 2 is 1.89 bits per heavy atom. The summed E-state index contributed by atoms with van der Waals surface area (Å²) >= 11 is 4.77. The van der Waals surface area contributed by atoms with Crippen LogP contribution in [0.2, 0.25) is 0 Å². The van der Waals surface area contributed by atoms with Gasteiger partial charge in [0.25, 0.3) is 5.91 Å². The molecule has 0 aliphatic carbocycles. The molecule has 0 radical (unpaired) electrons. The van der Waals surface area contributed by atoms with Crippen molar-refractivity contribution in [2.45, 2.75) is 12.8 Å².